The summed E-state index contributed by atoms with van der Waals surface area (Å²) in [6.07, 6.45) is 1.42. The van der Waals surface area contributed by atoms with Gasteiger partial charge in [0.05, 0.1) is 0 Å². The first-order chi connectivity index (χ1) is 10.3. The van der Waals surface area contributed by atoms with E-state index in [-0.39, 0.29) is 33.8 Å². The zero-order valence-corrected chi connectivity index (χ0v) is 12.2. The van der Waals surface area contributed by atoms with Gasteiger partial charge in [-0.3, -0.25) is 4.79 Å². The van der Waals surface area contributed by atoms with E-state index in [1.165, 1.54) is 30.5 Å². The van der Waals surface area contributed by atoms with Crippen LogP contribution in [-0.2, 0) is 10.2 Å². The van der Waals surface area contributed by atoms with Gasteiger partial charge >= 0.3 is 0 Å². The predicted octanol–water partition coefficient (Wildman–Crippen LogP) is 3.23. The van der Waals surface area contributed by atoms with Crippen molar-refractivity contribution in [2.75, 3.05) is 5.32 Å². The van der Waals surface area contributed by atoms with Crippen LogP contribution < -0.4 is 10.9 Å². The largest absolute Gasteiger partial charge is 0.350 e. The monoisotopic (exact) mass is 324 g/mol. The first-order valence-corrected chi connectivity index (χ1v) is 6.82. The van der Waals surface area contributed by atoms with Crippen molar-refractivity contribution in [2.24, 2.45) is 0 Å². The Kier molecular flexibility index (Phi) is 3.11. The number of carbonyl (C=O) groups is 1. The molecule has 2 aromatic rings. The molecule has 1 aromatic carbocycles. The molecule has 0 bridgehead atoms. The number of aromatic amines is 1. The van der Waals surface area contributed by atoms with Gasteiger partial charge in [0.25, 0.3) is 11.5 Å². The summed E-state index contributed by atoms with van der Waals surface area (Å²) in [5.74, 6) is -3.43. The molecule has 0 amide bonds. The zero-order valence-electron chi connectivity index (χ0n) is 11.4. The molecule has 1 unspecified atom stereocenters. The number of anilines is 2. The number of rotatable bonds is 2. The zero-order chi connectivity index (χ0) is 16.1. The Morgan fingerprint density at radius 3 is 2.64 bits per heavy atom. The van der Waals surface area contributed by atoms with E-state index in [1.54, 1.807) is 0 Å². The van der Waals surface area contributed by atoms with Crippen molar-refractivity contribution >= 4 is 29.3 Å². The molecule has 1 aliphatic heterocycles. The number of carbonyl (C=O) groups excluding carboxylic acids is 1. The first-order valence-electron chi connectivity index (χ1n) is 6.44. The van der Waals surface area contributed by atoms with Crippen LogP contribution in [0.1, 0.15) is 18.1 Å². The topological polar surface area (TPSA) is 62.0 Å². The van der Waals surface area contributed by atoms with E-state index in [0.717, 1.165) is 0 Å². The SMILES string of the molecule is CC(F)(F)C1(C=O)c2cc(Cl)ccc2Nc2c1cc[nH]c2=O. The number of benzene rings is 1. The minimum absolute atomic E-state index is 0.0422. The normalized spacial score (nSPS) is 19.8. The van der Waals surface area contributed by atoms with Gasteiger partial charge in [-0.05, 0) is 24.3 Å². The van der Waals surface area contributed by atoms with Gasteiger partial charge in [0, 0.05) is 35.0 Å². The van der Waals surface area contributed by atoms with Crippen LogP contribution in [0.25, 0.3) is 0 Å². The van der Waals surface area contributed by atoms with Gasteiger partial charge in [0.15, 0.2) is 0 Å². The van der Waals surface area contributed by atoms with Crippen LogP contribution in [0.2, 0.25) is 5.02 Å². The Bertz CT molecular complexity index is 829. The quantitative estimate of drug-likeness (QED) is 0.834. The van der Waals surface area contributed by atoms with Crippen LogP contribution in [0, 0.1) is 0 Å². The number of halogens is 3. The lowest BCUT2D eigenvalue weighted by Gasteiger charge is -2.40. The molecule has 3 rings (SSSR count). The molecule has 22 heavy (non-hydrogen) atoms. The van der Waals surface area contributed by atoms with Crippen molar-refractivity contribution in [3.63, 3.8) is 0 Å². The molecule has 2 N–H and O–H groups in total. The lowest BCUT2D eigenvalue weighted by Crippen LogP contribution is -2.49. The van der Waals surface area contributed by atoms with E-state index in [1.807, 2.05) is 0 Å². The second-order valence-electron chi connectivity index (χ2n) is 5.22. The molecule has 0 spiro atoms. The lowest BCUT2D eigenvalue weighted by molar-refractivity contribution is -0.123. The molecule has 4 nitrogen and oxygen atoms in total. The Morgan fingerprint density at radius 2 is 2.00 bits per heavy atom. The molecule has 1 aliphatic rings. The molecule has 7 heteroatoms. The molecule has 0 radical (unpaired) electrons. The van der Waals surface area contributed by atoms with Gasteiger partial charge in [-0.15, -0.1) is 0 Å². The number of aldehydes is 1. The van der Waals surface area contributed by atoms with E-state index >= 15 is 0 Å². The highest BCUT2D eigenvalue weighted by Gasteiger charge is 2.57. The average Bonchev–Trinajstić information content (AvgIpc) is 2.44. The highest BCUT2D eigenvalue weighted by atomic mass is 35.5. The second-order valence-corrected chi connectivity index (χ2v) is 5.66. The van der Waals surface area contributed by atoms with Gasteiger partial charge in [-0.2, -0.15) is 0 Å². The fourth-order valence-corrected chi connectivity index (χ4v) is 3.04. The minimum Gasteiger partial charge on any atom is -0.350 e. The maximum absolute atomic E-state index is 14.5. The molecule has 114 valence electrons. The summed E-state index contributed by atoms with van der Waals surface area (Å²) >= 11 is 5.91. The number of aromatic nitrogens is 1. The summed E-state index contributed by atoms with van der Waals surface area (Å²) in [5, 5.41) is 3.03. The van der Waals surface area contributed by atoms with Gasteiger partial charge in [0.2, 0.25) is 0 Å². The summed E-state index contributed by atoms with van der Waals surface area (Å²) in [6, 6.07) is 5.59. The highest BCUT2D eigenvalue weighted by molar-refractivity contribution is 6.30. The van der Waals surface area contributed by atoms with Gasteiger partial charge in [0.1, 0.15) is 17.4 Å². The van der Waals surface area contributed by atoms with E-state index in [4.69, 9.17) is 11.6 Å². The van der Waals surface area contributed by atoms with Crippen LogP contribution in [-0.4, -0.2) is 17.2 Å². The van der Waals surface area contributed by atoms with E-state index < -0.39 is 16.9 Å². The smallest absolute Gasteiger partial charge is 0.271 e. The first kappa shape index (κ1) is 14.7. The summed E-state index contributed by atoms with van der Waals surface area (Å²) in [6.45, 7) is 0.655. The number of hydrogen-bond donors (Lipinski definition) is 2. The standard InChI is InChI=1S/C15H11ClF2N2O2/c1-14(17,18)15(7-21)9-4-5-19-13(22)12(9)20-11-3-2-8(16)6-10(11)15/h2-7,20H,1H3,(H,19,22). The number of H-pyrrole nitrogens is 1. The van der Waals surface area contributed by atoms with Crippen molar-refractivity contribution in [3.8, 4) is 0 Å². The van der Waals surface area contributed by atoms with Crippen LogP contribution in [0.15, 0.2) is 35.3 Å². The molecular weight excluding hydrogens is 314 g/mol. The van der Waals surface area contributed by atoms with E-state index in [9.17, 15) is 18.4 Å². The Labute approximate surface area is 129 Å². The van der Waals surface area contributed by atoms with Crippen molar-refractivity contribution in [3.05, 3.63) is 57.0 Å². The van der Waals surface area contributed by atoms with Crippen LogP contribution in [0.3, 0.4) is 0 Å². The van der Waals surface area contributed by atoms with Gasteiger partial charge in [-0.1, -0.05) is 11.6 Å². The third kappa shape index (κ3) is 1.80. The molecule has 2 heterocycles. The van der Waals surface area contributed by atoms with Crippen molar-refractivity contribution < 1.29 is 13.6 Å². The van der Waals surface area contributed by atoms with Crippen molar-refractivity contribution in [1.29, 1.82) is 0 Å². The molecule has 0 fully saturated rings. The fraction of sp³-hybridized carbons (Fsp3) is 0.200. The minimum atomic E-state index is -3.43. The summed E-state index contributed by atoms with van der Waals surface area (Å²) < 4.78 is 28.9. The molecule has 1 aromatic heterocycles. The Hall–Kier alpha value is -2.21. The van der Waals surface area contributed by atoms with Gasteiger partial charge < -0.3 is 15.1 Å². The summed E-state index contributed by atoms with van der Waals surface area (Å²) in [5.41, 5.74) is -2.70. The summed E-state index contributed by atoms with van der Waals surface area (Å²) in [4.78, 5) is 26.2. The second kappa shape index (κ2) is 4.64. The van der Waals surface area contributed by atoms with Crippen molar-refractivity contribution in [1.82, 2.24) is 4.98 Å². The molecule has 0 saturated carbocycles. The third-order valence-corrected chi connectivity index (χ3v) is 4.16. The number of pyridine rings is 1. The van der Waals surface area contributed by atoms with E-state index in [2.05, 4.69) is 10.3 Å². The molecule has 0 saturated heterocycles. The average molecular weight is 325 g/mol. The summed E-state index contributed by atoms with van der Waals surface area (Å²) in [7, 11) is 0. The molecular formula is C15H11ClF2N2O2. The maximum Gasteiger partial charge on any atom is 0.271 e. The number of nitrogens with one attached hydrogen (secondary N) is 2. The Balaban J connectivity index is 2.48. The Morgan fingerprint density at radius 1 is 1.27 bits per heavy atom. The van der Waals surface area contributed by atoms with Crippen molar-refractivity contribution in [2.45, 2.75) is 18.3 Å². The highest BCUT2D eigenvalue weighted by Crippen LogP contribution is 2.51. The van der Waals surface area contributed by atoms with Crippen LogP contribution >= 0.6 is 11.6 Å². The van der Waals surface area contributed by atoms with E-state index in [0.29, 0.717) is 6.92 Å². The number of fused-ring (bicyclic) bond motifs is 2. The van der Waals surface area contributed by atoms with Crippen LogP contribution in [0.4, 0.5) is 20.2 Å². The van der Waals surface area contributed by atoms with Gasteiger partial charge in [-0.25, -0.2) is 8.78 Å². The number of hydrogen-bond acceptors (Lipinski definition) is 3. The maximum atomic E-state index is 14.5. The molecule has 1 atom stereocenters. The number of alkyl halides is 2. The van der Waals surface area contributed by atoms with Crippen LogP contribution in [0.5, 0.6) is 0 Å². The fourth-order valence-electron chi connectivity index (χ4n) is 2.87. The lowest BCUT2D eigenvalue weighted by atomic mass is 9.68. The third-order valence-electron chi connectivity index (χ3n) is 3.92. The predicted molar refractivity (Wildman–Crippen MR) is 79.3 cm³/mol. The molecule has 0 aliphatic carbocycles.